The first-order valence-corrected chi connectivity index (χ1v) is 3.26. The molecule has 0 bridgehead atoms. The van der Waals surface area contributed by atoms with Crippen LogP contribution in [-0.2, 0) is 0 Å². The Kier molecular flexibility index (Phi) is 7.21. The molecule has 0 aliphatic heterocycles. The fourth-order valence-electron chi connectivity index (χ4n) is 0.150. The van der Waals surface area contributed by atoms with Gasteiger partial charge in [-0.1, -0.05) is 0 Å². The number of aliphatic hydroxyl groups excluding tert-OH is 3. The standard InChI is InChI=1S/C4H11NO3.CH5NO3/c5-4(1-6,2-7)3-8;2-1(3,4)5/h6-8H,1-3,5H2;3-5H,2H2. The summed E-state index contributed by atoms with van der Waals surface area (Å²) in [5.74, 6) is 0. The molecule has 0 fully saturated rings. The highest BCUT2D eigenvalue weighted by Crippen LogP contribution is 1.93. The molecular weight excluding hydrogens is 184 g/mol. The second kappa shape index (κ2) is 6.18. The molecule has 0 aliphatic carbocycles. The SMILES string of the molecule is NC(CO)(CO)CO.NC(O)(O)O. The van der Waals surface area contributed by atoms with Crippen LogP contribution in [0.1, 0.15) is 0 Å². The maximum Gasteiger partial charge on any atom is 0.340 e. The molecule has 0 spiro atoms. The molecule has 10 N–H and O–H groups in total. The monoisotopic (exact) mass is 200 g/mol. The van der Waals surface area contributed by atoms with Crippen molar-refractivity contribution in [1.82, 2.24) is 0 Å². The summed E-state index contributed by atoms with van der Waals surface area (Å²) >= 11 is 0. The number of hydrogen-bond donors (Lipinski definition) is 8. The lowest BCUT2D eigenvalue weighted by Crippen LogP contribution is -2.50. The summed E-state index contributed by atoms with van der Waals surface area (Å²) in [5, 5.41) is 47.2. The van der Waals surface area contributed by atoms with Crippen LogP contribution in [0.3, 0.4) is 0 Å². The zero-order valence-corrected chi connectivity index (χ0v) is 6.96. The van der Waals surface area contributed by atoms with E-state index in [9.17, 15) is 0 Å². The molecule has 13 heavy (non-hydrogen) atoms. The predicted molar refractivity (Wildman–Crippen MR) is 41.8 cm³/mol. The lowest BCUT2D eigenvalue weighted by molar-refractivity contribution is -0.306. The summed E-state index contributed by atoms with van der Waals surface area (Å²) in [6.07, 6.45) is -3.00. The van der Waals surface area contributed by atoms with Crippen LogP contribution in [0.15, 0.2) is 0 Å². The van der Waals surface area contributed by atoms with Crippen LogP contribution in [0.2, 0.25) is 0 Å². The maximum atomic E-state index is 8.34. The highest BCUT2D eigenvalue weighted by atomic mass is 16.7. The maximum absolute atomic E-state index is 8.34. The van der Waals surface area contributed by atoms with Gasteiger partial charge >= 0.3 is 6.10 Å². The average molecular weight is 200 g/mol. The zero-order chi connectivity index (χ0) is 11.1. The van der Waals surface area contributed by atoms with Gasteiger partial charge in [-0.15, -0.1) is 0 Å². The van der Waals surface area contributed by atoms with E-state index in [1.165, 1.54) is 0 Å². The van der Waals surface area contributed by atoms with Crippen LogP contribution in [0.4, 0.5) is 0 Å². The predicted octanol–water partition coefficient (Wildman–Crippen LogP) is -4.81. The van der Waals surface area contributed by atoms with Crippen molar-refractivity contribution in [1.29, 1.82) is 0 Å². The summed E-state index contributed by atoms with van der Waals surface area (Å²) in [6.45, 7) is -1.21. The van der Waals surface area contributed by atoms with E-state index in [0.29, 0.717) is 0 Å². The van der Waals surface area contributed by atoms with Gasteiger partial charge in [-0.25, -0.2) is 0 Å². The van der Waals surface area contributed by atoms with Gasteiger partial charge in [0.25, 0.3) is 0 Å². The molecule has 0 saturated heterocycles. The molecule has 0 amide bonds. The fourth-order valence-corrected chi connectivity index (χ4v) is 0.150. The van der Waals surface area contributed by atoms with Crippen molar-refractivity contribution < 1.29 is 30.6 Å². The Labute approximate surface area is 74.7 Å². The van der Waals surface area contributed by atoms with Crippen molar-refractivity contribution in [3.05, 3.63) is 0 Å². The van der Waals surface area contributed by atoms with E-state index >= 15 is 0 Å². The number of hydrogen-bond acceptors (Lipinski definition) is 8. The normalized spacial score (nSPS) is 12.0. The lowest BCUT2D eigenvalue weighted by atomic mass is 10.1. The molecule has 0 atom stereocenters. The highest BCUT2D eigenvalue weighted by molar-refractivity contribution is 4.80. The van der Waals surface area contributed by atoms with Crippen molar-refractivity contribution in [3.8, 4) is 0 Å². The number of rotatable bonds is 3. The highest BCUT2D eigenvalue weighted by Gasteiger charge is 2.20. The van der Waals surface area contributed by atoms with E-state index < -0.39 is 31.5 Å². The molecule has 0 saturated carbocycles. The molecule has 0 radical (unpaired) electrons. The second-order valence-electron chi connectivity index (χ2n) is 2.52. The van der Waals surface area contributed by atoms with E-state index in [-0.39, 0.29) is 0 Å². The molecule has 0 unspecified atom stereocenters. The Bertz CT molecular complexity index is 106. The van der Waals surface area contributed by atoms with Crippen molar-refractivity contribution in [2.24, 2.45) is 11.5 Å². The van der Waals surface area contributed by atoms with Crippen LogP contribution in [-0.4, -0.2) is 62.1 Å². The van der Waals surface area contributed by atoms with E-state index in [2.05, 4.69) is 5.73 Å². The Balaban J connectivity index is 0. The molecule has 0 aromatic carbocycles. The van der Waals surface area contributed by atoms with E-state index in [0.717, 1.165) is 0 Å². The Morgan fingerprint density at radius 2 is 0.923 bits per heavy atom. The summed E-state index contributed by atoms with van der Waals surface area (Å²) in [7, 11) is 0. The quantitative estimate of drug-likeness (QED) is 0.209. The summed E-state index contributed by atoms with van der Waals surface area (Å²) in [4.78, 5) is 0. The number of nitrogens with two attached hydrogens (primary N) is 2. The van der Waals surface area contributed by atoms with Gasteiger partial charge in [0.15, 0.2) is 0 Å². The Morgan fingerprint density at radius 3 is 0.923 bits per heavy atom. The largest absolute Gasteiger partial charge is 0.394 e. The third-order valence-electron chi connectivity index (χ3n) is 0.945. The van der Waals surface area contributed by atoms with E-state index in [1.807, 2.05) is 0 Å². The molecular formula is C5H16N2O6. The summed E-state index contributed by atoms with van der Waals surface area (Å²) in [6, 6.07) is 0. The second-order valence-corrected chi connectivity index (χ2v) is 2.52. The van der Waals surface area contributed by atoms with Crippen molar-refractivity contribution in [2.75, 3.05) is 19.8 Å². The molecule has 0 aromatic heterocycles. The first-order chi connectivity index (χ1) is 5.68. The van der Waals surface area contributed by atoms with Gasteiger partial charge in [-0.05, 0) is 0 Å². The van der Waals surface area contributed by atoms with Crippen LogP contribution >= 0.6 is 0 Å². The zero-order valence-electron chi connectivity index (χ0n) is 6.96. The molecule has 0 aliphatic rings. The van der Waals surface area contributed by atoms with Gasteiger partial charge in [-0.3, -0.25) is 5.73 Å². The Hall–Kier alpha value is -0.320. The minimum absolute atomic E-state index is 0.403. The van der Waals surface area contributed by atoms with Gasteiger partial charge in [0.2, 0.25) is 0 Å². The molecule has 8 nitrogen and oxygen atoms in total. The first kappa shape index (κ1) is 15.2. The molecule has 0 aromatic rings. The molecule has 8 heteroatoms. The van der Waals surface area contributed by atoms with Crippen molar-refractivity contribution in [3.63, 3.8) is 0 Å². The van der Waals surface area contributed by atoms with E-state index in [4.69, 9.17) is 36.4 Å². The summed E-state index contributed by atoms with van der Waals surface area (Å²) < 4.78 is 0. The smallest absolute Gasteiger partial charge is 0.340 e. The van der Waals surface area contributed by atoms with Gasteiger partial charge in [-0.2, -0.15) is 0 Å². The van der Waals surface area contributed by atoms with Crippen LogP contribution in [0, 0.1) is 0 Å². The van der Waals surface area contributed by atoms with Crippen LogP contribution < -0.4 is 11.5 Å². The minimum Gasteiger partial charge on any atom is -0.394 e. The van der Waals surface area contributed by atoms with Gasteiger partial charge in [0.1, 0.15) is 0 Å². The topological polar surface area (TPSA) is 173 Å². The summed E-state index contributed by atoms with van der Waals surface area (Å²) in [5.41, 5.74) is 7.96. The fraction of sp³-hybridized carbons (Fsp3) is 1.00. The molecule has 0 heterocycles. The third-order valence-corrected chi connectivity index (χ3v) is 0.945. The average Bonchev–Trinajstić information content (AvgIpc) is 2.00. The minimum atomic E-state index is -3.00. The van der Waals surface area contributed by atoms with Gasteiger partial charge in [0.05, 0.1) is 25.4 Å². The van der Waals surface area contributed by atoms with Crippen molar-refractivity contribution in [2.45, 2.75) is 11.6 Å². The van der Waals surface area contributed by atoms with Crippen LogP contribution in [0.25, 0.3) is 0 Å². The van der Waals surface area contributed by atoms with E-state index in [1.54, 1.807) is 0 Å². The molecule has 82 valence electrons. The first-order valence-electron chi connectivity index (χ1n) is 3.26. The van der Waals surface area contributed by atoms with Gasteiger partial charge in [0, 0.05) is 0 Å². The van der Waals surface area contributed by atoms with Crippen molar-refractivity contribution >= 4 is 0 Å². The third kappa shape index (κ3) is 14.5. The lowest BCUT2D eigenvalue weighted by Gasteiger charge is -2.20. The van der Waals surface area contributed by atoms with Crippen LogP contribution in [0.5, 0.6) is 0 Å². The number of aliphatic hydroxyl groups is 6. The van der Waals surface area contributed by atoms with Gasteiger partial charge < -0.3 is 36.4 Å². The molecule has 0 rings (SSSR count). The Morgan fingerprint density at radius 1 is 0.769 bits per heavy atom.